The SMILES string of the molecule is COc1cc(Cl)c(Cl)cc1C(=O)N1CCC2(CCNC2)CC1. The third-order valence-corrected chi connectivity index (χ3v) is 5.64. The Morgan fingerprint density at radius 3 is 2.50 bits per heavy atom. The van der Waals surface area contributed by atoms with Gasteiger partial charge in [-0.25, -0.2) is 0 Å². The highest BCUT2D eigenvalue weighted by atomic mass is 35.5. The molecule has 2 heterocycles. The summed E-state index contributed by atoms with van der Waals surface area (Å²) in [4.78, 5) is 14.7. The quantitative estimate of drug-likeness (QED) is 0.897. The topological polar surface area (TPSA) is 41.6 Å². The maximum Gasteiger partial charge on any atom is 0.257 e. The third-order valence-electron chi connectivity index (χ3n) is 4.92. The predicted molar refractivity (Wildman–Crippen MR) is 88.1 cm³/mol. The summed E-state index contributed by atoms with van der Waals surface area (Å²) in [6.45, 7) is 3.73. The van der Waals surface area contributed by atoms with Crippen molar-refractivity contribution in [3.63, 3.8) is 0 Å². The molecule has 1 N–H and O–H groups in total. The zero-order valence-electron chi connectivity index (χ0n) is 12.6. The molecule has 120 valence electrons. The van der Waals surface area contributed by atoms with E-state index >= 15 is 0 Å². The summed E-state index contributed by atoms with van der Waals surface area (Å²) in [7, 11) is 1.53. The van der Waals surface area contributed by atoms with Crippen molar-refractivity contribution in [1.82, 2.24) is 10.2 Å². The molecule has 6 heteroatoms. The van der Waals surface area contributed by atoms with Crippen molar-refractivity contribution >= 4 is 29.1 Å². The maximum absolute atomic E-state index is 12.8. The predicted octanol–water partition coefficient (Wildman–Crippen LogP) is 3.22. The molecule has 2 fully saturated rings. The number of hydrogen-bond acceptors (Lipinski definition) is 3. The van der Waals surface area contributed by atoms with Gasteiger partial charge in [-0.3, -0.25) is 4.79 Å². The van der Waals surface area contributed by atoms with Gasteiger partial charge in [0, 0.05) is 25.7 Å². The summed E-state index contributed by atoms with van der Waals surface area (Å²) in [6, 6.07) is 3.20. The zero-order valence-corrected chi connectivity index (χ0v) is 14.1. The number of carbonyl (C=O) groups excluding carboxylic acids is 1. The Labute approximate surface area is 140 Å². The highest BCUT2D eigenvalue weighted by Gasteiger charge is 2.38. The van der Waals surface area contributed by atoms with E-state index in [4.69, 9.17) is 27.9 Å². The first-order valence-electron chi connectivity index (χ1n) is 7.58. The summed E-state index contributed by atoms with van der Waals surface area (Å²) in [5.74, 6) is 0.443. The van der Waals surface area contributed by atoms with Gasteiger partial charge < -0.3 is 15.0 Å². The molecule has 0 unspecified atom stereocenters. The number of likely N-dealkylation sites (tertiary alicyclic amines) is 1. The van der Waals surface area contributed by atoms with E-state index in [-0.39, 0.29) is 5.91 Å². The Kier molecular flexibility index (Phi) is 4.53. The maximum atomic E-state index is 12.8. The Morgan fingerprint density at radius 1 is 1.23 bits per heavy atom. The molecular weight excluding hydrogens is 323 g/mol. The molecule has 0 saturated carbocycles. The average molecular weight is 343 g/mol. The molecule has 2 aliphatic rings. The molecule has 2 saturated heterocycles. The lowest BCUT2D eigenvalue weighted by molar-refractivity contribution is 0.0604. The fraction of sp³-hybridized carbons (Fsp3) is 0.562. The number of piperidine rings is 1. The van der Waals surface area contributed by atoms with Gasteiger partial charge in [0.15, 0.2) is 0 Å². The second-order valence-electron chi connectivity index (χ2n) is 6.19. The number of benzene rings is 1. The van der Waals surface area contributed by atoms with Gasteiger partial charge in [-0.1, -0.05) is 23.2 Å². The highest BCUT2D eigenvalue weighted by Crippen LogP contribution is 2.38. The van der Waals surface area contributed by atoms with Crippen LogP contribution in [0.25, 0.3) is 0 Å². The van der Waals surface area contributed by atoms with Crippen molar-refractivity contribution in [3.8, 4) is 5.75 Å². The van der Waals surface area contributed by atoms with Gasteiger partial charge in [0.2, 0.25) is 0 Å². The summed E-state index contributed by atoms with van der Waals surface area (Å²) >= 11 is 12.1. The van der Waals surface area contributed by atoms with Crippen LogP contribution in [0, 0.1) is 5.41 Å². The number of carbonyl (C=O) groups is 1. The van der Waals surface area contributed by atoms with Crippen LogP contribution in [-0.4, -0.2) is 44.1 Å². The normalized spacial score (nSPS) is 20.4. The van der Waals surface area contributed by atoms with Crippen molar-refractivity contribution < 1.29 is 9.53 Å². The van der Waals surface area contributed by atoms with Gasteiger partial charge in [-0.2, -0.15) is 0 Å². The second kappa shape index (κ2) is 6.26. The van der Waals surface area contributed by atoms with Crippen molar-refractivity contribution in [3.05, 3.63) is 27.7 Å². The van der Waals surface area contributed by atoms with Crippen LogP contribution in [0.4, 0.5) is 0 Å². The number of halogens is 2. The van der Waals surface area contributed by atoms with Gasteiger partial charge in [0.1, 0.15) is 5.75 Å². The fourth-order valence-electron chi connectivity index (χ4n) is 3.44. The van der Waals surface area contributed by atoms with Crippen molar-refractivity contribution in [2.75, 3.05) is 33.3 Å². The van der Waals surface area contributed by atoms with Gasteiger partial charge in [-0.15, -0.1) is 0 Å². The van der Waals surface area contributed by atoms with Crippen molar-refractivity contribution in [1.29, 1.82) is 0 Å². The van der Waals surface area contributed by atoms with Gasteiger partial charge in [0.05, 0.1) is 22.7 Å². The lowest BCUT2D eigenvalue weighted by atomic mass is 9.78. The number of nitrogens with zero attached hydrogens (tertiary/aromatic N) is 1. The lowest BCUT2D eigenvalue weighted by Crippen LogP contribution is -2.44. The number of ether oxygens (including phenoxy) is 1. The minimum Gasteiger partial charge on any atom is -0.496 e. The van der Waals surface area contributed by atoms with E-state index in [1.807, 2.05) is 4.90 Å². The number of methoxy groups -OCH3 is 1. The van der Waals surface area contributed by atoms with E-state index in [1.54, 1.807) is 12.1 Å². The van der Waals surface area contributed by atoms with Crippen LogP contribution in [0.2, 0.25) is 10.0 Å². The molecule has 0 aromatic heterocycles. The van der Waals surface area contributed by atoms with Gasteiger partial charge in [-0.05, 0) is 37.3 Å². The minimum absolute atomic E-state index is 0.0313. The summed E-state index contributed by atoms with van der Waals surface area (Å²) in [6.07, 6.45) is 3.32. The van der Waals surface area contributed by atoms with Crippen molar-refractivity contribution in [2.45, 2.75) is 19.3 Å². The molecule has 0 radical (unpaired) electrons. The fourth-order valence-corrected chi connectivity index (χ4v) is 3.76. The largest absolute Gasteiger partial charge is 0.496 e. The Hall–Kier alpha value is -0.970. The average Bonchev–Trinajstić information content (AvgIpc) is 2.98. The van der Waals surface area contributed by atoms with Gasteiger partial charge >= 0.3 is 0 Å². The number of nitrogens with one attached hydrogen (secondary N) is 1. The molecule has 3 rings (SSSR count). The first-order chi connectivity index (χ1) is 10.5. The van der Waals surface area contributed by atoms with Crippen LogP contribution < -0.4 is 10.1 Å². The molecule has 4 nitrogen and oxygen atoms in total. The summed E-state index contributed by atoms with van der Waals surface area (Å²) in [5.41, 5.74) is 0.871. The third kappa shape index (κ3) is 2.92. The molecule has 2 aliphatic heterocycles. The monoisotopic (exact) mass is 342 g/mol. The Balaban J connectivity index is 1.76. The van der Waals surface area contributed by atoms with Crippen LogP contribution in [0.3, 0.4) is 0 Å². The van der Waals surface area contributed by atoms with E-state index in [1.165, 1.54) is 13.5 Å². The first-order valence-corrected chi connectivity index (χ1v) is 8.33. The number of rotatable bonds is 2. The molecule has 0 atom stereocenters. The number of hydrogen-bond donors (Lipinski definition) is 1. The van der Waals surface area contributed by atoms with E-state index in [2.05, 4.69) is 5.32 Å². The second-order valence-corrected chi connectivity index (χ2v) is 7.00. The molecule has 1 aromatic carbocycles. The molecule has 1 amide bonds. The lowest BCUT2D eigenvalue weighted by Gasteiger charge is -2.39. The molecule has 0 aliphatic carbocycles. The summed E-state index contributed by atoms with van der Waals surface area (Å²) < 4.78 is 5.29. The molecule has 1 aromatic rings. The summed E-state index contributed by atoms with van der Waals surface area (Å²) in [5, 5.41) is 4.20. The van der Waals surface area contributed by atoms with Crippen LogP contribution in [0.5, 0.6) is 5.75 Å². The van der Waals surface area contributed by atoms with Crippen molar-refractivity contribution in [2.24, 2.45) is 5.41 Å². The molecule has 0 bridgehead atoms. The number of amides is 1. The van der Waals surface area contributed by atoms with Gasteiger partial charge in [0.25, 0.3) is 5.91 Å². The van der Waals surface area contributed by atoms with Crippen LogP contribution in [-0.2, 0) is 0 Å². The van der Waals surface area contributed by atoms with E-state index in [0.717, 1.165) is 39.0 Å². The smallest absolute Gasteiger partial charge is 0.257 e. The van der Waals surface area contributed by atoms with E-state index < -0.39 is 0 Å². The van der Waals surface area contributed by atoms with Crippen LogP contribution in [0.15, 0.2) is 12.1 Å². The Morgan fingerprint density at radius 2 is 1.91 bits per heavy atom. The van der Waals surface area contributed by atoms with E-state index in [0.29, 0.717) is 26.8 Å². The molecular formula is C16H20Cl2N2O2. The van der Waals surface area contributed by atoms with Crippen LogP contribution in [0.1, 0.15) is 29.6 Å². The minimum atomic E-state index is -0.0313. The van der Waals surface area contributed by atoms with Crippen LogP contribution >= 0.6 is 23.2 Å². The Bertz CT molecular complexity index is 576. The zero-order chi connectivity index (χ0) is 15.7. The highest BCUT2D eigenvalue weighted by molar-refractivity contribution is 6.42. The van der Waals surface area contributed by atoms with E-state index in [9.17, 15) is 4.79 Å². The first kappa shape index (κ1) is 15.9. The standard InChI is InChI=1S/C16H20Cl2N2O2/c1-22-14-9-13(18)12(17)8-11(14)15(21)20-6-3-16(4-7-20)2-5-19-10-16/h8-9,19H,2-7,10H2,1H3. The molecule has 1 spiro atoms. The molecule has 22 heavy (non-hydrogen) atoms.